The van der Waals surface area contributed by atoms with E-state index in [1.165, 1.54) is 0 Å². The lowest BCUT2D eigenvalue weighted by Gasteiger charge is -1.86. The molecule has 0 saturated heterocycles. The third-order valence-electron chi connectivity index (χ3n) is 0.480. The molecule has 0 atom stereocenters. The summed E-state index contributed by atoms with van der Waals surface area (Å²) in [6.07, 6.45) is 0. The highest BCUT2D eigenvalue weighted by molar-refractivity contribution is 6.33. The van der Waals surface area contributed by atoms with Gasteiger partial charge in [-0.05, 0) is 13.8 Å². The highest BCUT2D eigenvalue weighted by Gasteiger charge is 2.06. The van der Waals surface area contributed by atoms with Crippen molar-refractivity contribution in [3.8, 4) is 0 Å². The van der Waals surface area contributed by atoms with Crippen molar-refractivity contribution in [3.63, 3.8) is 0 Å². The second-order valence-electron chi connectivity index (χ2n) is 1.41. The first kappa shape index (κ1) is 19.0. The first-order valence-corrected chi connectivity index (χ1v) is 4.75. The summed E-state index contributed by atoms with van der Waals surface area (Å²) in [6, 6.07) is 0. The number of alkyl halides is 2. The summed E-state index contributed by atoms with van der Waals surface area (Å²) >= 11 is 10.1. The van der Waals surface area contributed by atoms with Crippen LogP contribution in [0.1, 0.15) is 13.8 Å². The largest absolute Gasteiger partial charge is 0.762 e. The zero-order chi connectivity index (χ0) is 11.1. The maximum Gasteiger partial charge on any atom is 0.762 e. The molecule has 13 heavy (non-hydrogen) atoms. The SMILES string of the molecule is CCOCC.ClCCCl.FB(F)F. The van der Waals surface area contributed by atoms with Crippen molar-refractivity contribution < 1.29 is 17.7 Å². The van der Waals surface area contributed by atoms with Crippen molar-refractivity contribution in [3.05, 3.63) is 0 Å². The molecule has 0 aromatic carbocycles. The maximum absolute atomic E-state index is 9.67. The molecule has 82 valence electrons. The summed E-state index contributed by atoms with van der Waals surface area (Å²) in [7, 11) is -3.67. The molecule has 0 aliphatic heterocycles. The van der Waals surface area contributed by atoms with E-state index in [2.05, 4.69) is 0 Å². The molecule has 0 amide bonds. The van der Waals surface area contributed by atoms with Gasteiger partial charge in [-0.15, -0.1) is 23.2 Å². The van der Waals surface area contributed by atoms with Crippen LogP contribution in [0.15, 0.2) is 0 Å². The van der Waals surface area contributed by atoms with Crippen LogP contribution in [0.4, 0.5) is 12.9 Å². The van der Waals surface area contributed by atoms with Crippen molar-refractivity contribution in [2.75, 3.05) is 25.0 Å². The van der Waals surface area contributed by atoms with E-state index in [1.807, 2.05) is 13.8 Å². The fourth-order valence-electron chi connectivity index (χ4n) is 0.204. The van der Waals surface area contributed by atoms with Gasteiger partial charge in [0.05, 0.1) is 0 Å². The van der Waals surface area contributed by atoms with E-state index in [1.54, 1.807) is 0 Å². The van der Waals surface area contributed by atoms with Crippen LogP contribution >= 0.6 is 23.2 Å². The summed E-state index contributed by atoms with van der Waals surface area (Å²) in [5, 5.41) is 0. The van der Waals surface area contributed by atoms with E-state index in [-0.39, 0.29) is 0 Å². The molecule has 0 saturated carbocycles. The Labute approximate surface area is 87.8 Å². The molecule has 0 aromatic heterocycles. The number of hydrogen-bond donors (Lipinski definition) is 0. The molecular weight excluding hydrogens is 227 g/mol. The lowest BCUT2D eigenvalue weighted by atomic mass is 10.5. The summed E-state index contributed by atoms with van der Waals surface area (Å²) in [5.74, 6) is 1.11. The fourth-order valence-corrected chi connectivity index (χ4v) is 0.204. The summed E-state index contributed by atoms with van der Waals surface area (Å²) < 4.78 is 33.8. The highest BCUT2D eigenvalue weighted by Crippen LogP contribution is 1.80. The summed E-state index contributed by atoms with van der Waals surface area (Å²) in [5.41, 5.74) is 0. The van der Waals surface area contributed by atoms with Crippen molar-refractivity contribution in [2.24, 2.45) is 0 Å². The predicted molar refractivity (Wildman–Crippen MR) is 52.7 cm³/mol. The van der Waals surface area contributed by atoms with Gasteiger partial charge in [-0.1, -0.05) is 0 Å². The Kier molecular flexibility index (Phi) is 33.5. The Morgan fingerprint density at radius 2 is 1.23 bits per heavy atom. The first-order valence-electron chi connectivity index (χ1n) is 3.68. The molecule has 7 heteroatoms. The number of hydrogen-bond acceptors (Lipinski definition) is 1. The first-order chi connectivity index (χ1) is 6.06. The molecule has 0 heterocycles. The standard InChI is InChI=1S/C4H10O.C2H4Cl2.BF3/c1-3-5-4-2;3-1-2-4;2-1(3)4/h3-4H2,1-2H3;1-2H2;. The Hall–Kier alpha value is 0.395. The van der Waals surface area contributed by atoms with Crippen LogP contribution in [-0.4, -0.2) is 32.5 Å². The van der Waals surface area contributed by atoms with Gasteiger partial charge in [0.25, 0.3) is 0 Å². The molecule has 1 nitrogen and oxygen atoms in total. The lowest BCUT2D eigenvalue weighted by molar-refractivity contribution is 0.162. The van der Waals surface area contributed by atoms with E-state index in [0.717, 1.165) is 13.2 Å². The van der Waals surface area contributed by atoms with E-state index in [0.29, 0.717) is 11.8 Å². The van der Waals surface area contributed by atoms with E-state index in [9.17, 15) is 12.9 Å². The van der Waals surface area contributed by atoms with E-state index < -0.39 is 7.54 Å². The van der Waals surface area contributed by atoms with Gasteiger partial charge < -0.3 is 4.74 Å². The summed E-state index contributed by atoms with van der Waals surface area (Å²) in [6.45, 7) is 5.67. The van der Waals surface area contributed by atoms with Crippen LogP contribution in [0, 0.1) is 0 Å². The minimum absolute atomic E-state index is 0.557. The number of ether oxygens (including phenoxy) is 1. The smallest absolute Gasteiger partial charge is 0.382 e. The number of halogens is 5. The van der Waals surface area contributed by atoms with Crippen molar-refractivity contribution in [1.82, 2.24) is 0 Å². The average molecular weight is 241 g/mol. The van der Waals surface area contributed by atoms with Crippen LogP contribution < -0.4 is 0 Å². The third-order valence-corrected chi connectivity index (χ3v) is 1.05. The Balaban J connectivity index is -0.000000117. The van der Waals surface area contributed by atoms with E-state index in [4.69, 9.17) is 27.9 Å². The average Bonchev–Trinajstić information content (AvgIpc) is 2.05. The van der Waals surface area contributed by atoms with Gasteiger partial charge in [-0.25, -0.2) is 0 Å². The molecule has 0 spiro atoms. The second-order valence-corrected chi connectivity index (χ2v) is 2.16. The quantitative estimate of drug-likeness (QED) is 0.543. The van der Waals surface area contributed by atoms with Crippen molar-refractivity contribution in [2.45, 2.75) is 13.8 Å². The minimum Gasteiger partial charge on any atom is -0.382 e. The van der Waals surface area contributed by atoms with Crippen molar-refractivity contribution in [1.29, 1.82) is 0 Å². The second kappa shape index (κ2) is 22.8. The number of rotatable bonds is 3. The van der Waals surface area contributed by atoms with Crippen LogP contribution in [-0.2, 0) is 4.74 Å². The van der Waals surface area contributed by atoms with Crippen LogP contribution in [0.2, 0.25) is 0 Å². The lowest BCUT2D eigenvalue weighted by Crippen LogP contribution is -1.84. The molecular formula is C6H14BCl2F3O. The highest BCUT2D eigenvalue weighted by atomic mass is 35.5. The van der Waals surface area contributed by atoms with Crippen molar-refractivity contribution >= 4 is 30.7 Å². The van der Waals surface area contributed by atoms with Gasteiger partial charge >= 0.3 is 7.54 Å². The molecule has 0 rings (SSSR count). The zero-order valence-electron chi connectivity index (χ0n) is 7.70. The molecule has 0 bridgehead atoms. The molecule has 0 N–H and O–H groups in total. The van der Waals surface area contributed by atoms with Gasteiger partial charge in [0.2, 0.25) is 0 Å². The monoisotopic (exact) mass is 240 g/mol. The molecule has 0 aliphatic rings. The maximum atomic E-state index is 9.67. The van der Waals surface area contributed by atoms with Gasteiger partial charge in [0, 0.05) is 25.0 Å². The van der Waals surface area contributed by atoms with Crippen LogP contribution in [0.5, 0.6) is 0 Å². The van der Waals surface area contributed by atoms with Crippen LogP contribution in [0.25, 0.3) is 0 Å². The predicted octanol–water partition coefficient (Wildman–Crippen LogP) is 3.39. The summed E-state index contributed by atoms with van der Waals surface area (Å²) in [4.78, 5) is 0. The molecule has 0 radical (unpaired) electrons. The van der Waals surface area contributed by atoms with Crippen LogP contribution in [0.3, 0.4) is 0 Å². The fraction of sp³-hybridized carbons (Fsp3) is 1.00. The molecule has 0 aliphatic carbocycles. The Morgan fingerprint density at radius 1 is 1.00 bits per heavy atom. The minimum atomic E-state index is -3.67. The zero-order valence-corrected chi connectivity index (χ0v) is 9.22. The Bertz CT molecular complexity index is 65.1. The molecule has 0 unspecified atom stereocenters. The van der Waals surface area contributed by atoms with Gasteiger partial charge in [-0.2, -0.15) is 0 Å². The topological polar surface area (TPSA) is 9.23 Å². The Morgan fingerprint density at radius 3 is 1.23 bits per heavy atom. The van der Waals surface area contributed by atoms with E-state index >= 15 is 0 Å². The molecule has 0 aromatic rings. The van der Waals surface area contributed by atoms with Gasteiger partial charge in [0.1, 0.15) is 0 Å². The normalized spacial score (nSPS) is 7.62. The van der Waals surface area contributed by atoms with Gasteiger partial charge in [-0.3, -0.25) is 12.9 Å². The van der Waals surface area contributed by atoms with Gasteiger partial charge in [0.15, 0.2) is 0 Å². The molecule has 0 fully saturated rings. The third kappa shape index (κ3) is 116.